The molecule has 17 heavy (non-hydrogen) atoms. The summed E-state index contributed by atoms with van der Waals surface area (Å²) in [5.41, 5.74) is 0. The van der Waals surface area contributed by atoms with E-state index in [4.69, 9.17) is 4.74 Å². The summed E-state index contributed by atoms with van der Waals surface area (Å²) in [4.78, 5) is 12.0. The van der Waals surface area contributed by atoms with Crippen LogP contribution in [0.25, 0.3) is 4.96 Å². The quantitative estimate of drug-likeness (QED) is 0.753. The van der Waals surface area contributed by atoms with Crippen LogP contribution < -0.4 is 0 Å². The Hall–Kier alpha value is -1.34. The van der Waals surface area contributed by atoms with Gasteiger partial charge in [0.25, 0.3) is 0 Å². The van der Waals surface area contributed by atoms with Gasteiger partial charge in [-0.05, 0) is 12.8 Å². The van der Waals surface area contributed by atoms with Crippen LogP contribution in [0.3, 0.4) is 0 Å². The highest BCUT2D eigenvalue weighted by atomic mass is 32.1. The van der Waals surface area contributed by atoms with Crippen molar-refractivity contribution in [3.63, 3.8) is 0 Å². The van der Waals surface area contributed by atoms with E-state index in [1.807, 2.05) is 0 Å². The summed E-state index contributed by atoms with van der Waals surface area (Å²) in [5, 5.41) is 13.0. The number of hydrogen-bond donors (Lipinski definition) is 0. The molecular weight excluding hydrogens is 240 g/mol. The highest BCUT2D eigenvalue weighted by Crippen LogP contribution is 2.26. The van der Waals surface area contributed by atoms with Gasteiger partial charge in [0.2, 0.25) is 4.96 Å². The Morgan fingerprint density at radius 3 is 2.88 bits per heavy atom. The molecule has 3 rings (SSSR count). The molecule has 0 unspecified atom stereocenters. The van der Waals surface area contributed by atoms with Crippen molar-refractivity contribution in [2.45, 2.75) is 25.7 Å². The number of nitrogens with zero attached hydrogens (tertiary/aromatic N) is 4. The van der Waals surface area contributed by atoms with Crippen LogP contribution in [0.1, 0.15) is 41.3 Å². The molecule has 0 bridgehead atoms. The molecule has 1 fully saturated rings. The van der Waals surface area contributed by atoms with E-state index in [1.54, 1.807) is 4.52 Å². The first-order valence-electron chi connectivity index (χ1n) is 5.56. The minimum atomic E-state index is -0.0292. The molecule has 1 aliphatic heterocycles. The van der Waals surface area contributed by atoms with Gasteiger partial charge < -0.3 is 4.74 Å². The molecule has 90 valence electrons. The molecule has 0 atom stereocenters. The van der Waals surface area contributed by atoms with E-state index in [-0.39, 0.29) is 5.78 Å². The van der Waals surface area contributed by atoms with E-state index in [2.05, 4.69) is 15.3 Å². The van der Waals surface area contributed by atoms with Crippen LogP contribution >= 0.6 is 11.3 Å². The van der Waals surface area contributed by atoms with Gasteiger partial charge in [0.05, 0.1) is 0 Å². The molecule has 3 heterocycles. The van der Waals surface area contributed by atoms with Crippen molar-refractivity contribution in [3.05, 3.63) is 10.8 Å². The number of hydrogen-bond acceptors (Lipinski definition) is 6. The maximum atomic E-state index is 11.3. The van der Waals surface area contributed by atoms with Crippen LogP contribution in [0, 0.1) is 0 Å². The zero-order valence-electron chi connectivity index (χ0n) is 9.42. The topological polar surface area (TPSA) is 69.4 Å². The first-order chi connectivity index (χ1) is 8.25. The van der Waals surface area contributed by atoms with Crippen molar-refractivity contribution in [1.29, 1.82) is 0 Å². The second-order valence-electron chi connectivity index (χ2n) is 4.10. The Bertz CT molecular complexity index is 556. The summed E-state index contributed by atoms with van der Waals surface area (Å²) in [6, 6.07) is 0. The van der Waals surface area contributed by atoms with Gasteiger partial charge in [-0.2, -0.15) is 4.52 Å². The van der Waals surface area contributed by atoms with Crippen LogP contribution in [0.4, 0.5) is 0 Å². The number of fused-ring (bicyclic) bond motifs is 1. The van der Waals surface area contributed by atoms with Gasteiger partial charge in [-0.1, -0.05) is 11.3 Å². The van der Waals surface area contributed by atoms with E-state index in [1.165, 1.54) is 18.3 Å². The van der Waals surface area contributed by atoms with Gasteiger partial charge in [-0.25, -0.2) is 0 Å². The number of carbonyl (C=O) groups is 1. The van der Waals surface area contributed by atoms with Crippen molar-refractivity contribution in [2.75, 3.05) is 13.2 Å². The van der Waals surface area contributed by atoms with Crippen molar-refractivity contribution in [1.82, 2.24) is 19.8 Å². The van der Waals surface area contributed by atoms with Crippen LogP contribution in [0.2, 0.25) is 0 Å². The molecule has 0 saturated carbocycles. The molecule has 0 radical (unpaired) electrons. The van der Waals surface area contributed by atoms with E-state index in [0.717, 1.165) is 31.9 Å². The number of carbonyl (C=O) groups excluding carboxylic acids is 1. The van der Waals surface area contributed by atoms with Gasteiger partial charge in [-0.15, -0.1) is 15.3 Å². The number of rotatable bonds is 2. The number of ketones is 1. The Labute approximate surface area is 102 Å². The molecule has 0 N–H and O–H groups in total. The fourth-order valence-electron chi connectivity index (χ4n) is 1.98. The second kappa shape index (κ2) is 4.15. The summed E-state index contributed by atoms with van der Waals surface area (Å²) in [6.07, 6.45) is 1.88. The van der Waals surface area contributed by atoms with E-state index < -0.39 is 0 Å². The summed E-state index contributed by atoms with van der Waals surface area (Å²) in [6.45, 7) is 3.02. The maximum Gasteiger partial charge on any atom is 0.235 e. The van der Waals surface area contributed by atoms with Gasteiger partial charge in [0.1, 0.15) is 0 Å². The molecule has 6 nitrogen and oxygen atoms in total. The van der Waals surface area contributed by atoms with E-state index >= 15 is 0 Å². The maximum absolute atomic E-state index is 11.3. The molecule has 0 spiro atoms. The predicted molar refractivity (Wildman–Crippen MR) is 61.5 cm³/mol. The molecule has 2 aromatic heterocycles. The van der Waals surface area contributed by atoms with Crippen LogP contribution in [0.5, 0.6) is 0 Å². The average molecular weight is 252 g/mol. The first kappa shape index (κ1) is 10.8. The molecule has 0 aliphatic carbocycles. The summed E-state index contributed by atoms with van der Waals surface area (Å²) in [7, 11) is 0. The summed E-state index contributed by atoms with van der Waals surface area (Å²) in [5.74, 6) is 1.16. The van der Waals surface area contributed by atoms with Gasteiger partial charge in [-0.3, -0.25) is 4.79 Å². The fraction of sp³-hybridized carbons (Fsp3) is 0.600. The lowest BCUT2D eigenvalue weighted by atomic mass is 10.00. The minimum Gasteiger partial charge on any atom is -0.381 e. The third kappa shape index (κ3) is 1.85. The first-order valence-corrected chi connectivity index (χ1v) is 6.38. The highest BCUT2D eigenvalue weighted by molar-refractivity contribution is 7.18. The van der Waals surface area contributed by atoms with Crippen molar-refractivity contribution >= 4 is 22.1 Å². The minimum absolute atomic E-state index is 0.0292. The predicted octanol–water partition coefficient (Wildman–Crippen LogP) is 1.28. The van der Waals surface area contributed by atoms with E-state index in [9.17, 15) is 4.79 Å². The lowest BCUT2D eigenvalue weighted by Gasteiger charge is -2.19. The largest absolute Gasteiger partial charge is 0.381 e. The molecular formula is C10H12N4O2S. The van der Waals surface area contributed by atoms with Gasteiger partial charge >= 0.3 is 0 Å². The molecule has 0 aromatic carbocycles. The van der Waals surface area contributed by atoms with Crippen LogP contribution in [-0.2, 0) is 4.74 Å². The molecule has 1 saturated heterocycles. The van der Waals surface area contributed by atoms with E-state index in [0.29, 0.717) is 15.9 Å². The summed E-state index contributed by atoms with van der Waals surface area (Å²) >= 11 is 1.29. The monoisotopic (exact) mass is 252 g/mol. The second-order valence-corrected chi connectivity index (χ2v) is 5.06. The Morgan fingerprint density at radius 1 is 1.41 bits per heavy atom. The number of Topliss-reactive ketones (excluding diaryl/α,β-unsaturated/α-hetero) is 1. The molecule has 1 aliphatic rings. The van der Waals surface area contributed by atoms with Gasteiger partial charge in [0, 0.05) is 26.1 Å². The highest BCUT2D eigenvalue weighted by Gasteiger charge is 2.23. The smallest absolute Gasteiger partial charge is 0.235 e. The SMILES string of the molecule is CC(=O)c1nn2c(C3CCOCC3)nnc2s1. The lowest BCUT2D eigenvalue weighted by Crippen LogP contribution is -2.16. The van der Waals surface area contributed by atoms with Gasteiger partial charge in [0.15, 0.2) is 16.6 Å². The molecule has 7 heteroatoms. The number of ether oxygens (including phenoxy) is 1. The average Bonchev–Trinajstić information content (AvgIpc) is 2.89. The van der Waals surface area contributed by atoms with Crippen molar-refractivity contribution < 1.29 is 9.53 Å². The number of aromatic nitrogens is 4. The van der Waals surface area contributed by atoms with Crippen molar-refractivity contribution in [2.24, 2.45) is 0 Å². The Kier molecular flexibility index (Phi) is 2.64. The standard InChI is InChI=1S/C10H12N4O2S/c1-6(15)9-13-14-8(11-12-10(14)17-9)7-2-4-16-5-3-7/h7H,2-5H2,1H3. The molecule has 2 aromatic rings. The lowest BCUT2D eigenvalue weighted by molar-refractivity contribution is 0.0831. The fourth-order valence-corrected chi connectivity index (χ4v) is 2.73. The van der Waals surface area contributed by atoms with Crippen LogP contribution in [0.15, 0.2) is 0 Å². The zero-order valence-corrected chi connectivity index (χ0v) is 10.2. The normalized spacial score (nSPS) is 17.7. The third-order valence-corrected chi connectivity index (χ3v) is 3.90. The van der Waals surface area contributed by atoms with Crippen LogP contribution in [-0.4, -0.2) is 38.8 Å². The van der Waals surface area contributed by atoms with Crippen molar-refractivity contribution in [3.8, 4) is 0 Å². The molecule has 0 amide bonds. The Morgan fingerprint density at radius 2 is 2.18 bits per heavy atom. The zero-order chi connectivity index (χ0) is 11.8. The third-order valence-electron chi connectivity index (χ3n) is 2.90. The summed E-state index contributed by atoms with van der Waals surface area (Å²) < 4.78 is 7.03. The Balaban J connectivity index is 2.00.